The van der Waals surface area contributed by atoms with Gasteiger partial charge in [0.15, 0.2) is 0 Å². The van der Waals surface area contributed by atoms with Gasteiger partial charge in [0, 0.05) is 31.9 Å². The summed E-state index contributed by atoms with van der Waals surface area (Å²) < 4.78 is 12.9. The van der Waals surface area contributed by atoms with E-state index in [1.165, 1.54) is 5.56 Å². The van der Waals surface area contributed by atoms with Gasteiger partial charge in [-0.05, 0) is 19.4 Å². The molecule has 2 aromatic heterocycles. The number of aryl methyl sites for hydroxylation is 2. The van der Waals surface area contributed by atoms with Crippen LogP contribution in [0, 0.1) is 13.8 Å². The summed E-state index contributed by atoms with van der Waals surface area (Å²) in [7, 11) is 0. The van der Waals surface area contributed by atoms with Gasteiger partial charge in [-0.3, -0.25) is 9.58 Å². The SMILES string of the molecule is Cc1cnn(C[C@H]2CN(Cc3cc(C)on3)CCO2)c1. The van der Waals surface area contributed by atoms with Crippen molar-refractivity contribution in [2.75, 3.05) is 19.7 Å². The van der Waals surface area contributed by atoms with Crippen molar-refractivity contribution in [1.29, 1.82) is 0 Å². The van der Waals surface area contributed by atoms with E-state index in [0.29, 0.717) is 0 Å². The van der Waals surface area contributed by atoms with E-state index in [4.69, 9.17) is 9.26 Å². The molecule has 0 amide bonds. The number of hydrogen-bond acceptors (Lipinski definition) is 5. The van der Waals surface area contributed by atoms with E-state index in [9.17, 15) is 0 Å². The second-order valence-electron chi connectivity index (χ2n) is 5.40. The highest BCUT2D eigenvalue weighted by molar-refractivity contribution is 5.03. The third-order valence-electron chi connectivity index (χ3n) is 3.44. The molecule has 108 valence electrons. The summed E-state index contributed by atoms with van der Waals surface area (Å²) in [5, 5.41) is 8.36. The molecule has 0 radical (unpaired) electrons. The van der Waals surface area contributed by atoms with Gasteiger partial charge in [-0.15, -0.1) is 0 Å². The van der Waals surface area contributed by atoms with Crippen LogP contribution in [0.3, 0.4) is 0 Å². The Hall–Kier alpha value is -1.66. The first-order chi connectivity index (χ1) is 9.69. The molecule has 0 spiro atoms. The van der Waals surface area contributed by atoms with Crippen LogP contribution in [0.4, 0.5) is 0 Å². The highest BCUT2D eigenvalue weighted by atomic mass is 16.5. The molecule has 0 unspecified atom stereocenters. The number of hydrogen-bond donors (Lipinski definition) is 0. The molecule has 1 fully saturated rings. The minimum Gasteiger partial charge on any atom is -0.374 e. The molecule has 1 atom stereocenters. The minimum absolute atomic E-state index is 0.177. The van der Waals surface area contributed by atoms with Crippen LogP contribution in [-0.2, 0) is 17.8 Å². The van der Waals surface area contributed by atoms with Gasteiger partial charge in [0.1, 0.15) is 5.76 Å². The Labute approximate surface area is 118 Å². The molecule has 0 bridgehead atoms. The predicted octanol–water partition coefficient (Wildman–Crippen LogP) is 1.39. The molecular weight excluding hydrogens is 256 g/mol. The van der Waals surface area contributed by atoms with Crippen molar-refractivity contribution in [3.05, 3.63) is 35.5 Å². The van der Waals surface area contributed by atoms with Gasteiger partial charge in [-0.25, -0.2) is 0 Å². The smallest absolute Gasteiger partial charge is 0.133 e. The van der Waals surface area contributed by atoms with Crippen molar-refractivity contribution in [3.63, 3.8) is 0 Å². The molecule has 1 aliphatic rings. The van der Waals surface area contributed by atoms with E-state index in [1.807, 2.05) is 37.0 Å². The predicted molar refractivity (Wildman–Crippen MR) is 73.2 cm³/mol. The van der Waals surface area contributed by atoms with Crippen LogP contribution >= 0.6 is 0 Å². The van der Waals surface area contributed by atoms with Crippen molar-refractivity contribution in [1.82, 2.24) is 19.8 Å². The maximum atomic E-state index is 5.82. The average Bonchev–Trinajstić information content (AvgIpc) is 2.99. The Bertz CT molecular complexity index is 515. The van der Waals surface area contributed by atoms with Crippen molar-refractivity contribution in [2.45, 2.75) is 33.0 Å². The topological polar surface area (TPSA) is 56.3 Å². The first kappa shape index (κ1) is 13.3. The second-order valence-corrected chi connectivity index (χ2v) is 5.40. The lowest BCUT2D eigenvalue weighted by Crippen LogP contribution is -2.43. The third kappa shape index (κ3) is 3.26. The number of aromatic nitrogens is 3. The standard InChI is InChI=1S/C14H20N4O2/c1-11-6-15-18(7-11)10-14-9-17(3-4-19-14)8-13-5-12(2)20-16-13/h5-7,14H,3-4,8-10H2,1-2H3/t14-/m1/s1. The summed E-state index contributed by atoms with van der Waals surface area (Å²) in [6.45, 7) is 8.15. The van der Waals surface area contributed by atoms with Gasteiger partial charge < -0.3 is 9.26 Å². The summed E-state index contributed by atoms with van der Waals surface area (Å²) in [6, 6.07) is 1.99. The molecule has 0 N–H and O–H groups in total. The molecule has 1 aliphatic heterocycles. The lowest BCUT2D eigenvalue weighted by Gasteiger charge is -2.32. The van der Waals surface area contributed by atoms with Crippen LogP contribution in [0.5, 0.6) is 0 Å². The molecule has 6 nitrogen and oxygen atoms in total. The Morgan fingerprint density at radius 3 is 3.00 bits per heavy atom. The van der Waals surface area contributed by atoms with Crippen LogP contribution in [0.15, 0.2) is 23.0 Å². The zero-order chi connectivity index (χ0) is 13.9. The molecule has 6 heteroatoms. The van der Waals surface area contributed by atoms with Gasteiger partial charge in [-0.1, -0.05) is 5.16 Å². The summed E-state index contributed by atoms with van der Waals surface area (Å²) in [5.41, 5.74) is 2.16. The summed E-state index contributed by atoms with van der Waals surface area (Å²) >= 11 is 0. The summed E-state index contributed by atoms with van der Waals surface area (Å²) in [5.74, 6) is 0.858. The van der Waals surface area contributed by atoms with E-state index in [2.05, 4.69) is 15.2 Å². The van der Waals surface area contributed by atoms with Crippen LogP contribution in [0.1, 0.15) is 17.0 Å². The summed E-state index contributed by atoms with van der Waals surface area (Å²) in [4.78, 5) is 2.35. The molecule has 2 aromatic rings. The normalized spacial score (nSPS) is 20.4. The first-order valence-corrected chi connectivity index (χ1v) is 6.94. The van der Waals surface area contributed by atoms with Crippen LogP contribution in [-0.4, -0.2) is 45.6 Å². The number of rotatable bonds is 4. The van der Waals surface area contributed by atoms with Gasteiger partial charge in [0.05, 0.1) is 31.1 Å². The Kier molecular flexibility index (Phi) is 3.84. The van der Waals surface area contributed by atoms with Crippen molar-refractivity contribution < 1.29 is 9.26 Å². The average molecular weight is 276 g/mol. The van der Waals surface area contributed by atoms with Crippen LogP contribution in [0.2, 0.25) is 0 Å². The zero-order valence-corrected chi connectivity index (χ0v) is 12.0. The third-order valence-corrected chi connectivity index (χ3v) is 3.44. The van der Waals surface area contributed by atoms with Gasteiger partial charge in [0.2, 0.25) is 0 Å². The van der Waals surface area contributed by atoms with Crippen molar-refractivity contribution in [3.8, 4) is 0 Å². The van der Waals surface area contributed by atoms with Crippen molar-refractivity contribution in [2.24, 2.45) is 0 Å². The molecule has 3 heterocycles. The number of morpholine rings is 1. The van der Waals surface area contributed by atoms with Crippen molar-refractivity contribution >= 4 is 0 Å². The van der Waals surface area contributed by atoms with E-state index < -0.39 is 0 Å². The van der Waals surface area contributed by atoms with E-state index in [-0.39, 0.29) is 6.10 Å². The molecule has 0 saturated carbocycles. The molecule has 3 rings (SSSR count). The monoisotopic (exact) mass is 276 g/mol. The minimum atomic E-state index is 0.177. The Morgan fingerprint density at radius 1 is 1.40 bits per heavy atom. The highest BCUT2D eigenvalue weighted by Gasteiger charge is 2.22. The number of ether oxygens (including phenoxy) is 1. The fraction of sp³-hybridized carbons (Fsp3) is 0.571. The quantitative estimate of drug-likeness (QED) is 0.844. The fourth-order valence-electron chi connectivity index (χ4n) is 2.53. The first-order valence-electron chi connectivity index (χ1n) is 6.94. The largest absolute Gasteiger partial charge is 0.374 e. The highest BCUT2D eigenvalue weighted by Crippen LogP contribution is 2.12. The van der Waals surface area contributed by atoms with E-state index in [1.54, 1.807) is 0 Å². The lowest BCUT2D eigenvalue weighted by atomic mass is 10.2. The Morgan fingerprint density at radius 2 is 2.30 bits per heavy atom. The molecular formula is C14H20N4O2. The van der Waals surface area contributed by atoms with Gasteiger partial charge in [0.25, 0.3) is 0 Å². The maximum absolute atomic E-state index is 5.82. The van der Waals surface area contributed by atoms with E-state index >= 15 is 0 Å². The fourth-order valence-corrected chi connectivity index (χ4v) is 2.53. The summed E-state index contributed by atoms with van der Waals surface area (Å²) in [6.07, 6.45) is 4.10. The Balaban J connectivity index is 1.56. The van der Waals surface area contributed by atoms with Crippen LogP contribution in [0.25, 0.3) is 0 Å². The second kappa shape index (κ2) is 5.76. The molecule has 20 heavy (non-hydrogen) atoms. The molecule has 0 aromatic carbocycles. The number of nitrogens with zero attached hydrogens (tertiary/aromatic N) is 4. The van der Waals surface area contributed by atoms with E-state index in [0.717, 1.165) is 44.2 Å². The molecule has 1 saturated heterocycles. The maximum Gasteiger partial charge on any atom is 0.133 e. The van der Waals surface area contributed by atoms with Gasteiger partial charge in [-0.2, -0.15) is 5.10 Å². The van der Waals surface area contributed by atoms with Gasteiger partial charge >= 0.3 is 0 Å². The zero-order valence-electron chi connectivity index (χ0n) is 12.0. The lowest BCUT2D eigenvalue weighted by molar-refractivity contribution is -0.0407. The van der Waals surface area contributed by atoms with Crippen LogP contribution < -0.4 is 0 Å². The molecule has 0 aliphatic carbocycles.